The lowest BCUT2D eigenvalue weighted by molar-refractivity contribution is 0.0593. The normalized spacial score (nSPS) is 10.7. The van der Waals surface area contributed by atoms with Crippen LogP contribution in [0.4, 0.5) is 5.69 Å². The maximum atomic E-state index is 12.6. The Morgan fingerprint density at radius 3 is 1.97 bits per heavy atom. The second kappa shape index (κ2) is 9.20. The Kier molecular flexibility index (Phi) is 6.94. The number of hydrogen-bond acceptors (Lipinski definition) is 8. The van der Waals surface area contributed by atoms with Gasteiger partial charge in [-0.3, -0.25) is 4.72 Å². The summed E-state index contributed by atoms with van der Waals surface area (Å²) in [5.74, 6) is -2.68. The van der Waals surface area contributed by atoms with E-state index < -0.39 is 27.9 Å². The van der Waals surface area contributed by atoms with Crippen LogP contribution in [0.3, 0.4) is 0 Å². The van der Waals surface area contributed by atoms with Gasteiger partial charge in [-0.15, -0.1) is 0 Å². The van der Waals surface area contributed by atoms with Crippen LogP contribution in [0.2, 0.25) is 0 Å². The Morgan fingerprint density at radius 1 is 0.897 bits per heavy atom. The van der Waals surface area contributed by atoms with E-state index >= 15 is 0 Å². The minimum absolute atomic E-state index is 0.0295. The van der Waals surface area contributed by atoms with Gasteiger partial charge in [-0.25, -0.2) is 22.8 Å². The van der Waals surface area contributed by atoms with Gasteiger partial charge in [-0.1, -0.05) is 12.1 Å². The molecule has 0 saturated heterocycles. The summed E-state index contributed by atoms with van der Waals surface area (Å²) in [4.78, 5) is 36.3. The number of rotatable bonds is 7. The number of esters is 3. The van der Waals surface area contributed by atoms with Crippen molar-refractivity contribution in [2.24, 2.45) is 0 Å². The monoisotopic (exact) mass is 421 g/mol. The second-order valence-electron chi connectivity index (χ2n) is 5.67. The van der Waals surface area contributed by atoms with Crippen molar-refractivity contribution in [2.75, 3.05) is 24.7 Å². The van der Waals surface area contributed by atoms with Crippen LogP contribution in [0.25, 0.3) is 0 Å². The third-order valence-electron chi connectivity index (χ3n) is 3.75. The Labute approximate surface area is 167 Å². The molecule has 0 saturated carbocycles. The summed E-state index contributed by atoms with van der Waals surface area (Å²) in [7, 11) is -1.30. The van der Waals surface area contributed by atoms with Gasteiger partial charge in [0.2, 0.25) is 10.0 Å². The Balaban J connectivity index is 2.40. The van der Waals surface area contributed by atoms with Gasteiger partial charge in [0.15, 0.2) is 0 Å². The van der Waals surface area contributed by atoms with E-state index in [1.807, 2.05) is 0 Å². The highest BCUT2D eigenvalue weighted by molar-refractivity contribution is 7.92. The third-order valence-corrected chi connectivity index (χ3v) is 5.04. The highest BCUT2D eigenvalue weighted by atomic mass is 32.2. The first-order chi connectivity index (χ1) is 13.7. The highest BCUT2D eigenvalue weighted by Crippen LogP contribution is 2.23. The molecule has 0 radical (unpaired) electrons. The van der Waals surface area contributed by atoms with Gasteiger partial charge in [0.05, 0.1) is 42.4 Å². The number of anilines is 1. The first-order valence-electron chi connectivity index (χ1n) is 8.34. The fourth-order valence-corrected chi connectivity index (χ4v) is 2.94. The fraction of sp³-hybridized carbons (Fsp3) is 0.211. The Bertz CT molecular complexity index is 1010. The maximum absolute atomic E-state index is 12.6. The van der Waals surface area contributed by atoms with Gasteiger partial charge in [0.25, 0.3) is 0 Å². The SMILES string of the molecule is CCS(=O)(=O)Nc1ccccc1C(=O)Oc1cc(C(=O)OC)cc(C(=O)OC)c1. The van der Waals surface area contributed by atoms with E-state index in [4.69, 9.17) is 4.74 Å². The van der Waals surface area contributed by atoms with Crippen molar-refractivity contribution < 1.29 is 37.0 Å². The van der Waals surface area contributed by atoms with E-state index in [1.54, 1.807) is 6.07 Å². The van der Waals surface area contributed by atoms with Gasteiger partial charge in [0, 0.05) is 0 Å². The molecule has 0 aromatic heterocycles. The predicted molar refractivity (Wildman–Crippen MR) is 104 cm³/mol. The van der Waals surface area contributed by atoms with Crippen LogP contribution >= 0.6 is 0 Å². The van der Waals surface area contributed by atoms with Crippen molar-refractivity contribution in [3.8, 4) is 5.75 Å². The molecule has 2 rings (SSSR count). The van der Waals surface area contributed by atoms with Gasteiger partial charge >= 0.3 is 17.9 Å². The summed E-state index contributed by atoms with van der Waals surface area (Å²) in [6.45, 7) is 1.45. The molecule has 9 nitrogen and oxygen atoms in total. The molecule has 0 aliphatic rings. The fourth-order valence-electron chi connectivity index (χ4n) is 2.28. The molecule has 0 amide bonds. The van der Waals surface area contributed by atoms with E-state index in [0.29, 0.717) is 0 Å². The Hall–Kier alpha value is -3.40. The van der Waals surface area contributed by atoms with Gasteiger partial charge < -0.3 is 14.2 Å². The first kappa shape index (κ1) is 21.9. The van der Waals surface area contributed by atoms with E-state index in [1.165, 1.54) is 43.3 Å². The molecule has 0 spiro atoms. The van der Waals surface area contributed by atoms with Crippen LogP contribution in [-0.4, -0.2) is 46.3 Å². The zero-order valence-electron chi connectivity index (χ0n) is 15.9. The van der Waals surface area contributed by atoms with Crippen molar-refractivity contribution in [3.05, 3.63) is 59.2 Å². The average molecular weight is 421 g/mol. The number of para-hydroxylation sites is 1. The second-order valence-corrected chi connectivity index (χ2v) is 7.68. The molecular weight excluding hydrogens is 402 g/mol. The summed E-state index contributed by atoms with van der Waals surface area (Å²) in [6, 6.07) is 9.54. The molecule has 2 aromatic rings. The quantitative estimate of drug-likeness (QED) is 0.533. The van der Waals surface area contributed by atoms with Gasteiger partial charge in [-0.2, -0.15) is 0 Å². The van der Waals surface area contributed by atoms with Crippen LogP contribution in [-0.2, 0) is 19.5 Å². The molecular formula is C19H19NO8S. The molecule has 29 heavy (non-hydrogen) atoms. The summed E-state index contributed by atoms with van der Waals surface area (Å²) in [5.41, 5.74) is -0.0689. The van der Waals surface area contributed by atoms with Crippen molar-refractivity contribution in [1.82, 2.24) is 0 Å². The molecule has 0 fully saturated rings. The maximum Gasteiger partial charge on any atom is 0.345 e. The molecule has 154 valence electrons. The molecule has 0 unspecified atom stereocenters. The van der Waals surface area contributed by atoms with Crippen LogP contribution < -0.4 is 9.46 Å². The number of carbonyl (C=O) groups is 3. The molecule has 0 atom stereocenters. The Morgan fingerprint density at radius 2 is 1.45 bits per heavy atom. The minimum Gasteiger partial charge on any atom is -0.465 e. The summed E-state index contributed by atoms with van der Waals surface area (Å²) >= 11 is 0. The molecule has 1 N–H and O–H groups in total. The minimum atomic E-state index is -3.62. The van der Waals surface area contributed by atoms with Crippen molar-refractivity contribution in [1.29, 1.82) is 0 Å². The van der Waals surface area contributed by atoms with Gasteiger partial charge in [0.1, 0.15) is 5.75 Å². The van der Waals surface area contributed by atoms with E-state index in [0.717, 1.165) is 14.2 Å². The molecule has 10 heteroatoms. The van der Waals surface area contributed by atoms with E-state index in [-0.39, 0.29) is 33.9 Å². The largest absolute Gasteiger partial charge is 0.465 e. The average Bonchev–Trinajstić information content (AvgIpc) is 2.72. The number of methoxy groups -OCH3 is 2. The summed E-state index contributed by atoms with van der Waals surface area (Å²) in [5, 5.41) is 0. The number of carbonyl (C=O) groups excluding carboxylic acids is 3. The molecule has 2 aromatic carbocycles. The lowest BCUT2D eigenvalue weighted by Crippen LogP contribution is -2.18. The number of sulfonamides is 1. The predicted octanol–water partition coefficient (Wildman–Crippen LogP) is 2.24. The standard InChI is InChI=1S/C19H19NO8S/c1-4-29(24,25)20-16-8-6-5-7-15(16)19(23)28-14-10-12(17(21)26-2)9-13(11-14)18(22)27-3/h5-11,20H,4H2,1-3H3. The number of hydrogen-bond donors (Lipinski definition) is 1. The number of ether oxygens (including phenoxy) is 3. The van der Waals surface area contributed by atoms with Crippen molar-refractivity contribution in [2.45, 2.75) is 6.92 Å². The summed E-state index contributed by atoms with van der Waals surface area (Å²) in [6.07, 6.45) is 0. The lowest BCUT2D eigenvalue weighted by atomic mass is 10.1. The van der Waals surface area contributed by atoms with Crippen LogP contribution in [0.5, 0.6) is 5.75 Å². The van der Waals surface area contributed by atoms with Crippen LogP contribution in [0.1, 0.15) is 38.0 Å². The van der Waals surface area contributed by atoms with Gasteiger partial charge in [-0.05, 0) is 37.3 Å². The van der Waals surface area contributed by atoms with Crippen molar-refractivity contribution in [3.63, 3.8) is 0 Å². The third kappa shape index (κ3) is 5.55. The molecule has 0 bridgehead atoms. The van der Waals surface area contributed by atoms with Crippen LogP contribution in [0, 0.1) is 0 Å². The topological polar surface area (TPSA) is 125 Å². The number of nitrogens with one attached hydrogen (secondary N) is 1. The zero-order chi connectivity index (χ0) is 21.6. The highest BCUT2D eigenvalue weighted by Gasteiger charge is 2.20. The van der Waals surface area contributed by atoms with Crippen LogP contribution in [0.15, 0.2) is 42.5 Å². The lowest BCUT2D eigenvalue weighted by Gasteiger charge is -2.12. The van der Waals surface area contributed by atoms with Crippen molar-refractivity contribution >= 4 is 33.6 Å². The van der Waals surface area contributed by atoms with E-state index in [2.05, 4.69) is 14.2 Å². The number of benzene rings is 2. The zero-order valence-corrected chi connectivity index (χ0v) is 16.7. The van der Waals surface area contributed by atoms with E-state index in [9.17, 15) is 22.8 Å². The summed E-state index contributed by atoms with van der Waals surface area (Å²) < 4.78 is 40.5. The molecule has 0 aliphatic heterocycles. The molecule has 0 heterocycles. The smallest absolute Gasteiger partial charge is 0.345 e. The molecule has 0 aliphatic carbocycles. The first-order valence-corrected chi connectivity index (χ1v) is 9.99.